The Bertz CT molecular complexity index is 482. The van der Waals surface area contributed by atoms with E-state index in [-0.39, 0.29) is 0 Å². The molecule has 0 bridgehead atoms. The maximum absolute atomic E-state index is 9.82. The van der Waals surface area contributed by atoms with Gasteiger partial charge >= 0.3 is 0 Å². The van der Waals surface area contributed by atoms with Gasteiger partial charge in [0.15, 0.2) is 0 Å². The van der Waals surface area contributed by atoms with Crippen molar-refractivity contribution in [3.8, 4) is 5.75 Å². The van der Waals surface area contributed by atoms with Crippen LogP contribution in [0.25, 0.3) is 0 Å². The molecule has 2 aliphatic carbocycles. The largest absolute Gasteiger partial charge is 0.508 e. The first kappa shape index (κ1) is 14.9. The minimum Gasteiger partial charge on any atom is -0.508 e. The van der Waals surface area contributed by atoms with Crippen LogP contribution in [-0.4, -0.2) is 11.1 Å². The van der Waals surface area contributed by atoms with Crippen molar-refractivity contribution >= 4 is 0 Å². The molecule has 2 nitrogen and oxygen atoms in total. The van der Waals surface area contributed by atoms with Gasteiger partial charge in [-0.2, -0.15) is 0 Å². The Morgan fingerprint density at radius 3 is 2.71 bits per heavy atom. The van der Waals surface area contributed by atoms with E-state index < -0.39 is 0 Å². The van der Waals surface area contributed by atoms with Crippen LogP contribution in [0.1, 0.15) is 69.5 Å². The first-order chi connectivity index (χ1) is 10.1. The Labute approximate surface area is 129 Å². The van der Waals surface area contributed by atoms with E-state index in [9.17, 15) is 5.11 Å². The maximum Gasteiger partial charge on any atom is 0.115 e. The van der Waals surface area contributed by atoms with Gasteiger partial charge in [0.1, 0.15) is 5.75 Å². The van der Waals surface area contributed by atoms with E-state index >= 15 is 0 Å². The molecule has 21 heavy (non-hydrogen) atoms. The highest BCUT2D eigenvalue weighted by Crippen LogP contribution is 2.36. The van der Waals surface area contributed by atoms with E-state index in [1.165, 1.54) is 49.7 Å². The summed E-state index contributed by atoms with van der Waals surface area (Å²) < 4.78 is 0. The number of phenolic OH excluding ortho intramolecular Hbond substituents is 1. The van der Waals surface area contributed by atoms with Crippen molar-refractivity contribution < 1.29 is 5.11 Å². The zero-order valence-electron chi connectivity index (χ0n) is 13.4. The molecule has 1 aromatic rings. The van der Waals surface area contributed by atoms with E-state index in [0.717, 1.165) is 18.3 Å². The summed E-state index contributed by atoms with van der Waals surface area (Å²) in [5, 5.41) is 13.8. The van der Waals surface area contributed by atoms with E-state index in [0.29, 0.717) is 17.8 Å². The molecule has 2 heteroatoms. The average Bonchev–Trinajstić information content (AvgIpc) is 2.48. The fraction of sp³-hybridized carbons (Fsp3) is 0.684. The molecular weight excluding hydrogens is 258 g/mol. The molecule has 116 valence electrons. The van der Waals surface area contributed by atoms with E-state index in [4.69, 9.17) is 0 Å². The molecule has 2 N–H and O–H groups in total. The molecule has 0 heterocycles. The molecule has 0 aliphatic heterocycles. The standard InChI is InChI=1S/C19H29NO/c1-13(2)16-7-3-4-8-18(16)20-19-9-5-6-14-10-11-15(21)12-17(14)19/h10-13,16,18-21H,3-9H2,1-2H3. The van der Waals surface area contributed by atoms with Gasteiger partial charge in [-0.1, -0.05) is 32.8 Å². The summed E-state index contributed by atoms with van der Waals surface area (Å²) >= 11 is 0. The second kappa shape index (κ2) is 6.39. The van der Waals surface area contributed by atoms with Crippen molar-refractivity contribution in [2.45, 2.75) is 70.9 Å². The van der Waals surface area contributed by atoms with Gasteiger partial charge in [-0.25, -0.2) is 0 Å². The minimum atomic E-state index is 0.409. The molecule has 0 radical (unpaired) electrons. The molecule has 1 fully saturated rings. The Morgan fingerprint density at radius 1 is 1.10 bits per heavy atom. The molecule has 0 saturated heterocycles. The zero-order valence-corrected chi connectivity index (χ0v) is 13.4. The SMILES string of the molecule is CC(C)C1CCCCC1NC1CCCc2ccc(O)cc21. The average molecular weight is 287 g/mol. The van der Waals surface area contributed by atoms with Crippen molar-refractivity contribution in [2.24, 2.45) is 11.8 Å². The number of rotatable bonds is 3. The van der Waals surface area contributed by atoms with Gasteiger partial charge in [-0.15, -0.1) is 0 Å². The second-order valence-corrected chi connectivity index (χ2v) is 7.29. The van der Waals surface area contributed by atoms with Crippen LogP contribution in [0.2, 0.25) is 0 Å². The Balaban J connectivity index is 1.77. The van der Waals surface area contributed by atoms with Crippen LogP contribution in [0.4, 0.5) is 0 Å². The minimum absolute atomic E-state index is 0.409. The summed E-state index contributed by atoms with van der Waals surface area (Å²) in [6.07, 6.45) is 9.06. The highest BCUT2D eigenvalue weighted by atomic mass is 16.3. The second-order valence-electron chi connectivity index (χ2n) is 7.29. The molecule has 3 rings (SSSR count). The Kier molecular flexibility index (Phi) is 4.54. The number of fused-ring (bicyclic) bond motifs is 1. The van der Waals surface area contributed by atoms with Gasteiger partial charge in [0.25, 0.3) is 0 Å². The number of hydrogen-bond acceptors (Lipinski definition) is 2. The van der Waals surface area contributed by atoms with E-state index in [1.54, 1.807) is 0 Å². The Morgan fingerprint density at radius 2 is 1.90 bits per heavy atom. The molecule has 1 saturated carbocycles. The normalized spacial score (nSPS) is 29.4. The quantitative estimate of drug-likeness (QED) is 0.853. The lowest BCUT2D eigenvalue weighted by Crippen LogP contribution is -2.43. The van der Waals surface area contributed by atoms with E-state index in [2.05, 4.69) is 25.2 Å². The number of phenols is 1. The highest BCUT2D eigenvalue weighted by Gasteiger charge is 2.31. The molecule has 0 amide bonds. The fourth-order valence-corrected chi connectivity index (χ4v) is 4.38. The summed E-state index contributed by atoms with van der Waals surface area (Å²) in [6.45, 7) is 4.73. The summed E-state index contributed by atoms with van der Waals surface area (Å²) in [5.74, 6) is 1.97. The first-order valence-corrected chi connectivity index (χ1v) is 8.73. The summed E-state index contributed by atoms with van der Waals surface area (Å²) in [5.41, 5.74) is 2.77. The third-order valence-corrected chi connectivity index (χ3v) is 5.53. The summed E-state index contributed by atoms with van der Waals surface area (Å²) in [4.78, 5) is 0. The predicted octanol–water partition coefficient (Wildman–Crippen LogP) is 4.57. The molecule has 1 aromatic carbocycles. The molecule has 0 aromatic heterocycles. The van der Waals surface area contributed by atoms with Crippen molar-refractivity contribution in [3.63, 3.8) is 0 Å². The van der Waals surface area contributed by atoms with Crippen molar-refractivity contribution in [3.05, 3.63) is 29.3 Å². The molecular formula is C19H29NO. The van der Waals surface area contributed by atoms with Crippen LogP contribution in [0.5, 0.6) is 5.75 Å². The smallest absolute Gasteiger partial charge is 0.115 e. The van der Waals surface area contributed by atoms with Gasteiger partial charge in [0, 0.05) is 12.1 Å². The van der Waals surface area contributed by atoms with Crippen LogP contribution >= 0.6 is 0 Å². The molecule has 3 atom stereocenters. The van der Waals surface area contributed by atoms with Crippen molar-refractivity contribution in [1.82, 2.24) is 5.32 Å². The van der Waals surface area contributed by atoms with Crippen LogP contribution < -0.4 is 5.32 Å². The third kappa shape index (κ3) is 3.26. The molecule has 2 aliphatic rings. The van der Waals surface area contributed by atoms with Crippen LogP contribution in [0, 0.1) is 11.8 Å². The number of aryl methyl sites for hydroxylation is 1. The number of benzene rings is 1. The van der Waals surface area contributed by atoms with Crippen molar-refractivity contribution in [1.29, 1.82) is 0 Å². The van der Waals surface area contributed by atoms with Crippen LogP contribution in [0.3, 0.4) is 0 Å². The van der Waals surface area contributed by atoms with Crippen molar-refractivity contribution in [2.75, 3.05) is 0 Å². The predicted molar refractivity (Wildman–Crippen MR) is 87.5 cm³/mol. The molecule has 0 spiro atoms. The monoisotopic (exact) mass is 287 g/mol. The highest BCUT2D eigenvalue weighted by molar-refractivity contribution is 5.38. The Hall–Kier alpha value is -1.02. The summed E-state index contributed by atoms with van der Waals surface area (Å²) in [7, 11) is 0. The third-order valence-electron chi connectivity index (χ3n) is 5.53. The fourth-order valence-electron chi connectivity index (χ4n) is 4.38. The lowest BCUT2D eigenvalue weighted by Gasteiger charge is -2.39. The number of aromatic hydroxyl groups is 1. The van der Waals surface area contributed by atoms with Gasteiger partial charge in [0.05, 0.1) is 0 Å². The van der Waals surface area contributed by atoms with Gasteiger partial charge in [-0.3, -0.25) is 0 Å². The zero-order chi connectivity index (χ0) is 14.8. The van der Waals surface area contributed by atoms with Gasteiger partial charge < -0.3 is 10.4 Å². The number of hydrogen-bond donors (Lipinski definition) is 2. The van der Waals surface area contributed by atoms with Crippen LogP contribution in [0.15, 0.2) is 18.2 Å². The van der Waals surface area contributed by atoms with Crippen LogP contribution in [-0.2, 0) is 6.42 Å². The van der Waals surface area contributed by atoms with E-state index in [1.807, 2.05) is 12.1 Å². The number of nitrogens with one attached hydrogen (secondary N) is 1. The molecule has 3 unspecified atom stereocenters. The van der Waals surface area contributed by atoms with Gasteiger partial charge in [-0.05, 0) is 67.2 Å². The summed E-state index contributed by atoms with van der Waals surface area (Å²) in [6, 6.07) is 7.01. The topological polar surface area (TPSA) is 32.3 Å². The van der Waals surface area contributed by atoms with Gasteiger partial charge in [0.2, 0.25) is 0 Å². The lowest BCUT2D eigenvalue weighted by molar-refractivity contribution is 0.187. The lowest BCUT2D eigenvalue weighted by atomic mass is 9.76. The first-order valence-electron chi connectivity index (χ1n) is 8.73. The maximum atomic E-state index is 9.82.